The summed E-state index contributed by atoms with van der Waals surface area (Å²) in [6, 6.07) is 4.10. The first-order valence-corrected chi connectivity index (χ1v) is 7.14. The van der Waals surface area contributed by atoms with E-state index in [0.29, 0.717) is 11.8 Å². The quantitative estimate of drug-likeness (QED) is 0.808. The van der Waals surface area contributed by atoms with Gasteiger partial charge in [-0.05, 0) is 23.5 Å². The molecule has 5 nitrogen and oxygen atoms in total. The fourth-order valence-electron chi connectivity index (χ4n) is 3.39. The second kappa shape index (κ2) is 5.89. The maximum atomic E-state index is 11.8. The van der Waals surface area contributed by atoms with E-state index in [4.69, 9.17) is 4.74 Å². The van der Waals surface area contributed by atoms with Crippen molar-refractivity contribution in [1.29, 1.82) is 0 Å². The summed E-state index contributed by atoms with van der Waals surface area (Å²) in [7, 11) is 1.57. The van der Waals surface area contributed by atoms with E-state index in [2.05, 4.69) is 16.0 Å². The van der Waals surface area contributed by atoms with Gasteiger partial charge in [-0.15, -0.1) is 0 Å². The minimum atomic E-state index is 0.126. The Labute approximate surface area is 119 Å². The average Bonchev–Trinajstić information content (AvgIpc) is 2.98. The van der Waals surface area contributed by atoms with E-state index in [0.717, 1.165) is 32.7 Å². The van der Waals surface area contributed by atoms with E-state index in [-0.39, 0.29) is 12.5 Å². The van der Waals surface area contributed by atoms with Gasteiger partial charge in [0.25, 0.3) is 0 Å². The minimum Gasteiger partial charge on any atom is -0.375 e. The number of nitrogens with zero attached hydrogens (tertiary/aromatic N) is 3. The van der Waals surface area contributed by atoms with Crippen molar-refractivity contribution in [2.75, 3.05) is 39.9 Å². The number of amides is 1. The fraction of sp³-hybridized carbons (Fsp3) is 0.600. The van der Waals surface area contributed by atoms with Crippen molar-refractivity contribution in [2.24, 2.45) is 11.8 Å². The molecule has 1 aromatic rings. The lowest BCUT2D eigenvalue weighted by Gasteiger charge is -2.21. The van der Waals surface area contributed by atoms with Crippen LogP contribution in [0.2, 0.25) is 0 Å². The molecule has 0 aromatic carbocycles. The summed E-state index contributed by atoms with van der Waals surface area (Å²) in [6.07, 6.45) is 3.74. The average molecular weight is 275 g/mol. The largest absolute Gasteiger partial charge is 0.375 e. The summed E-state index contributed by atoms with van der Waals surface area (Å²) in [5.41, 5.74) is 1.26. The molecule has 1 aromatic heterocycles. The van der Waals surface area contributed by atoms with Crippen LogP contribution in [0.1, 0.15) is 5.56 Å². The van der Waals surface area contributed by atoms with Gasteiger partial charge in [-0.1, -0.05) is 6.07 Å². The highest BCUT2D eigenvalue weighted by molar-refractivity contribution is 5.77. The number of likely N-dealkylation sites (tertiary alicyclic amines) is 2. The summed E-state index contributed by atoms with van der Waals surface area (Å²) in [5.74, 6) is 1.36. The number of fused-ring (bicyclic) bond motifs is 1. The number of methoxy groups -OCH3 is 1. The van der Waals surface area contributed by atoms with Crippen LogP contribution >= 0.6 is 0 Å². The summed E-state index contributed by atoms with van der Waals surface area (Å²) in [5, 5.41) is 0. The van der Waals surface area contributed by atoms with Gasteiger partial charge in [-0.2, -0.15) is 0 Å². The summed E-state index contributed by atoms with van der Waals surface area (Å²) in [6.45, 7) is 5.10. The molecule has 0 bridgehead atoms. The van der Waals surface area contributed by atoms with Crippen LogP contribution in [0.4, 0.5) is 0 Å². The Morgan fingerprint density at radius 1 is 1.35 bits per heavy atom. The van der Waals surface area contributed by atoms with Crippen LogP contribution in [-0.2, 0) is 16.1 Å². The molecule has 0 N–H and O–H groups in total. The van der Waals surface area contributed by atoms with Crippen molar-refractivity contribution in [3.05, 3.63) is 30.1 Å². The summed E-state index contributed by atoms with van der Waals surface area (Å²) in [4.78, 5) is 20.4. The Morgan fingerprint density at radius 2 is 2.10 bits per heavy atom. The zero-order valence-electron chi connectivity index (χ0n) is 11.9. The molecule has 2 aliphatic rings. The number of pyridine rings is 1. The van der Waals surface area contributed by atoms with E-state index in [9.17, 15) is 4.79 Å². The van der Waals surface area contributed by atoms with Crippen LogP contribution in [-0.4, -0.2) is 60.6 Å². The topological polar surface area (TPSA) is 45.7 Å². The first-order chi connectivity index (χ1) is 9.76. The molecule has 2 fully saturated rings. The van der Waals surface area contributed by atoms with Crippen LogP contribution in [0.15, 0.2) is 24.5 Å². The summed E-state index contributed by atoms with van der Waals surface area (Å²) < 4.78 is 4.93. The number of carbonyl (C=O) groups excluding carboxylic acids is 1. The third-order valence-corrected chi connectivity index (χ3v) is 4.31. The van der Waals surface area contributed by atoms with Gasteiger partial charge in [0.1, 0.15) is 6.61 Å². The van der Waals surface area contributed by atoms with Crippen molar-refractivity contribution in [1.82, 2.24) is 14.8 Å². The predicted octanol–water partition coefficient (Wildman–Crippen LogP) is 0.618. The maximum Gasteiger partial charge on any atom is 0.248 e. The molecule has 0 saturated carbocycles. The third kappa shape index (κ3) is 2.83. The second-order valence-electron chi connectivity index (χ2n) is 5.81. The highest BCUT2D eigenvalue weighted by atomic mass is 16.5. The summed E-state index contributed by atoms with van der Waals surface area (Å²) >= 11 is 0. The van der Waals surface area contributed by atoms with Gasteiger partial charge < -0.3 is 9.64 Å². The van der Waals surface area contributed by atoms with E-state index in [1.807, 2.05) is 23.4 Å². The van der Waals surface area contributed by atoms with Crippen LogP contribution in [0.3, 0.4) is 0 Å². The molecule has 0 unspecified atom stereocenters. The molecular formula is C15H21N3O2. The van der Waals surface area contributed by atoms with Gasteiger partial charge in [-0.25, -0.2) is 0 Å². The monoisotopic (exact) mass is 275 g/mol. The first kappa shape index (κ1) is 13.5. The zero-order chi connectivity index (χ0) is 13.9. The number of ether oxygens (including phenoxy) is 1. The molecule has 2 atom stereocenters. The molecule has 0 radical (unpaired) electrons. The lowest BCUT2D eigenvalue weighted by atomic mass is 10.0. The van der Waals surface area contributed by atoms with Crippen molar-refractivity contribution in [2.45, 2.75) is 6.54 Å². The van der Waals surface area contributed by atoms with Crippen LogP contribution in [0.5, 0.6) is 0 Å². The van der Waals surface area contributed by atoms with Crippen LogP contribution in [0, 0.1) is 11.8 Å². The third-order valence-electron chi connectivity index (χ3n) is 4.31. The van der Waals surface area contributed by atoms with Crippen molar-refractivity contribution < 1.29 is 9.53 Å². The van der Waals surface area contributed by atoms with Crippen molar-refractivity contribution in [3.8, 4) is 0 Å². The Balaban J connectivity index is 1.52. The highest BCUT2D eigenvalue weighted by Crippen LogP contribution is 2.31. The molecule has 2 saturated heterocycles. The van der Waals surface area contributed by atoms with Gasteiger partial charge >= 0.3 is 0 Å². The molecule has 108 valence electrons. The van der Waals surface area contributed by atoms with E-state index < -0.39 is 0 Å². The Hall–Kier alpha value is -1.46. The lowest BCUT2D eigenvalue weighted by molar-refractivity contribution is -0.134. The van der Waals surface area contributed by atoms with Crippen LogP contribution in [0.25, 0.3) is 0 Å². The number of hydrogen-bond donors (Lipinski definition) is 0. The smallest absolute Gasteiger partial charge is 0.248 e. The van der Waals surface area contributed by atoms with E-state index >= 15 is 0 Å². The highest BCUT2D eigenvalue weighted by Gasteiger charge is 2.41. The van der Waals surface area contributed by atoms with Gasteiger partial charge in [0.15, 0.2) is 0 Å². The molecule has 5 heteroatoms. The fourth-order valence-corrected chi connectivity index (χ4v) is 3.39. The Bertz CT molecular complexity index is 451. The van der Waals surface area contributed by atoms with Gasteiger partial charge in [0, 0.05) is 52.2 Å². The Morgan fingerprint density at radius 3 is 2.70 bits per heavy atom. The van der Waals surface area contributed by atoms with Gasteiger partial charge in [0.2, 0.25) is 5.91 Å². The molecule has 3 heterocycles. The SMILES string of the molecule is COCC(=O)N1C[C@@H]2CN(Cc3cccnc3)C[C@H]2C1. The maximum absolute atomic E-state index is 11.8. The molecular weight excluding hydrogens is 254 g/mol. The van der Waals surface area contributed by atoms with Gasteiger partial charge in [-0.3, -0.25) is 14.7 Å². The number of carbonyl (C=O) groups is 1. The Kier molecular flexibility index (Phi) is 3.98. The molecule has 2 aliphatic heterocycles. The zero-order valence-corrected chi connectivity index (χ0v) is 11.9. The molecule has 1 amide bonds. The molecule has 3 rings (SSSR count). The lowest BCUT2D eigenvalue weighted by Crippen LogP contribution is -2.35. The number of aromatic nitrogens is 1. The first-order valence-electron chi connectivity index (χ1n) is 7.14. The molecule has 0 aliphatic carbocycles. The minimum absolute atomic E-state index is 0.126. The van der Waals surface area contributed by atoms with E-state index in [1.165, 1.54) is 5.56 Å². The number of hydrogen-bond acceptors (Lipinski definition) is 4. The standard InChI is InChI=1S/C15H21N3O2/c1-20-11-15(19)18-9-13-7-17(8-14(13)10-18)6-12-3-2-4-16-5-12/h2-5,13-14H,6-11H2,1H3/t13-,14-/m0/s1. The number of rotatable bonds is 4. The second-order valence-corrected chi connectivity index (χ2v) is 5.81. The molecule has 20 heavy (non-hydrogen) atoms. The van der Waals surface area contributed by atoms with Crippen molar-refractivity contribution >= 4 is 5.91 Å². The molecule has 0 spiro atoms. The normalized spacial score (nSPS) is 25.9. The van der Waals surface area contributed by atoms with Crippen LogP contribution < -0.4 is 0 Å². The van der Waals surface area contributed by atoms with Gasteiger partial charge in [0.05, 0.1) is 0 Å². The van der Waals surface area contributed by atoms with E-state index in [1.54, 1.807) is 7.11 Å². The van der Waals surface area contributed by atoms with Crippen molar-refractivity contribution in [3.63, 3.8) is 0 Å². The predicted molar refractivity (Wildman–Crippen MR) is 75.0 cm³/mol.